The molecule has 0 saturated heterocycles. The number of hydrogen-bond donors (Lipinski definition) is 2. The standard InChI is InChI=1S/C20H21NO5/c1-12-6-15-9-17(25-2)16(10-18(15)26-12)11-21-19(22)8-13-4-3-5-14(7-13)20(23)24/h3-5,7,9-10,12H,6,8,11H2,1-2H3,(H,21,22)(H,23,24). The summed E-state index contributed by atoms with van der Waals surface area (Å²) in [6.45, 7) is 2.32. The van der Waals surface area contributed by atoms with Gasteiger partial charge in [0.2, 0.25) is 5.91 Å². The van der Waals surface area contributed by atoms with Crippen molar-refractivity contribution in [3.8, 4) is 11.5 Å². The summed E-state index contributed by atoms with van der Waals surface area (Å²) in [4.78, 5) is 23.2. The number of rotatable bonds is 6. The molecule has 1 unspecified atom stereocenters. The average Bonchev–Trinajstić information content (AvgIpc) is 2.98. The second-order valence-electron chi connectivity index (χ2n) is 6.36. The molecule has 1 atom stereocenters. The first-order valence-corrected chi connectivity index (χ1v) is 8.41. The van der Waals surface area contributed by atoms with Crippen LogP contribution in [0.4, 0.5) is 0 Å². The number of carbonyl (C=O) groups excluding carboxylic acids is 1. The number of carbonyl (C=O) groups is 2. The Labute approximate surface area is 151 Å². The van der Waals surface area contributed by atoms with Crippen LogP contribution in [0, 0.1) is 0 Å². The molecule has 2 aromatic carbocycles. The van der Waals surface area contributed by atoms with Crippen LogP contribution in [-0.2, 0) is 24.2 Å². The lowest BCUT2D eigenvalue weighted by Crippen LogP contribution is -2.25. The second-order valence-corrected chi connectivity index (χ2v) is 6.36. The third-order valence-electron chi connectivity index (χ3n) is 4.31. The van der Waals surface area contributed by atoms with Gasteiger partial charge in [-0.15, -0.1) is 0 Å². The van der Waals surface area contributed by atoms with E-state index in [1.165, 1.54) is 12.1 Å². The lowest BCUT2D eigenvalue weighted by Gasteiger charge is -2.12. The minimum atomic E-state index is -1.01. The summed E-state index contributed by atoms with van der Waals surface area (Å²) in [7, 11) is 1.60. The zero-order valence-electron chi connectivity index (χ0n) is 14.7. The molecule has 0 aliphatic carbocycles. The van der Waals surface area contributed by atoms with E-state index in [1.807, 2.05) is 19.1 Å². The van der Waals surface area contributed by atoms with Crippen LogP contribution in [0.25, 0.3) is 0 Å². The van der Waals surface area contributed by atoms with Crippen molar-refractivity contribution in [1.29, 1.82) is 0 Å². The lowest BCUT2D eigenvalue weighted by atomic mass is 10.1. The third kappa shape index (κ3) is 3.96. The van der Waals surface area contributed by atoms with Crippen LogP contribution in [0.5, 0.6) is 11.5 Å². The van der Waals surface area contributed by atoms with Gasteiger partial charge in [-0.1, -0.05) is 12.1 Å². The minimum Gasteiger partial charge on any atom is -0.496 e. The summed E-state index contributed by atoms with van der Waals surface area (Å²) in [5.41, 5.74) is 2.77. The molecule has 1 aliphatic heterocycles. The van der Waals surface area contributed by atoms with Gasteiger partial charge in [0.1, 0.15) is 17.6 Å². The van der Waals surface area contributed by atoms with Crippen LogP contribution in [0.3, 0.4) is 0 Å². The van der Waals surface area contributed by atoms with Gasteiger partial charge in [0, 0.05) is 24.1 Å². The summed E-state index contributed by atoms with van der Waals surface area (Å²) >= 11 is 0. The van der Waals surface area contributed by atoms with E-state index in [4.69, 9.17) is 14.6 Å². The molecule has 2 aromatic rings. The van der Waals surface area contributed by atoms with E-state index in [2.05, 4.69) is 5.32 Å². The number of aromatic carboxylic acids is 1. The minimum absolute atomic E-state index is 0.113. The van der Waals surface area contributed by atoms with Crippen molar-refractivity contribution in [2.45, 2.75) is 32.4 Å². The SMILES string of the molecule is COc1cc2c(cc1CNC(=O)Cc1cccc(C(=O)O)c1)OC(C)C2. The summed E-state index contributed by atoms with van der Waals surface area (Å²) in [5, 5.41) is 11.9. The molecule has 0 fully saturated rings. The fourth-order valence-corrected chi connectivity index (χ4v) is 3.07. The molecule has 26 heavy (non-hydrogen) atoms. The van der Waals surface area contributed by atoms with Crippen molar-refractivity contribution >= 4 is 11.9 Å². The van der Waals surface area contributed by atoms with E-state index in [9.17, 15) is 9.59 Å². The Hall–Kier alpha value is -3.02. The van der Waals surface area contributed by atoms with Crippen LogP contribution >= 0.6 is 0 Å². The molecule has 136 valence electrons. The number of carboxylic acids is 1. The monoisotopic (exact) mass is 355 g/mol. The van der Waals surface area contributed by atoms with Crippen molar-refractivity contribution in [2.75, 3.05) is 7.11 Å². The quantitative estimate of drug-likeness (QED) is 0.832. The Morgan fingerprint density at radius 2 is 2.12 bits per heavy atom. The second kappa shape index (κ2) is 7.47. The summed E-state index contributed by atoms with van der Waals surface area (Å²) in [6.07, 6.45) is 1.10. The third-order valence-corrected chi connectivity index (χ3v) is 4.31. The smallest absolute Gasteiger partial charge is 0.335 e. The van der Waals surface area contributed by atoms with E-state index in [-0.39, 0.29) is 24.0 Å². The van der Waals surface area contributed by atoms with Crippen LogP contribution in [0.15, 0.2) is 36.4 Å². The molecule has 1 aliphatic rings. The van der Waals surface area contributed by atoms with Crippen LogP contribution in [0.1, 0.15) is 34.0 Å². The maximum atomic E-state index is 12.2. The van der Waals surface area contributed by atoms with Gasteiger partial charge in [0.15, 0.2) is 0 Å². The number of carboxylic acid groups (broad SMARTS) is 1. The number of methoxy groups -OCH3 is 1. The maximum Gasteiger partial charge on any atom is 0.335 e. The number of hydrogen-bond acceptors (Lipinski definition) is 4. The van der Waals surface area contributed by atoms with E-state index in [1.54, 1.807) is 19.2 Å². The Morgan fingerprint density at radius 3 is 2.85 bits per heavy atom. The summed E-state index contributed by atoms with van der Waals surface area (Å²) in [5.74, 6) is 0.347. The fraction of sp³-hybridized carbons (Fsp3) is 0.300. The van der Waals surface area contributed by atoms with Crippen molar-refractivity contribution in [2.24, 2.45) is 0 Å². The Morgan fingerprint density at radius 1 is 1.31 bits per heavy atom. The maximum absolute atomic E-state index is 12.2. The predicted octanol–water partition coefficient (Wildman–Crippen LogP) is 2.58. The number of amides is 1. The molecule has 0 radical (unpaired) electrons. The molecule has 0 bridgehead atoms. The highest BCUT2D eigenvalue weighted by Gasteiger charge is 2.21. The van der Waals surface area contributed by atoms with Gasteiger partial charge >= 0.3 is 5.97 Å². The first-order chi connectivity index (χ1) is 12.5. The molecule has 6 heteroatoms. The summed E-state index contributed by atoms with van der Waals surface area (Å²) < 4.78 is 11.2. The fourth-order valence-electron chi connectivity index (χ4n) is 3.07. The number of fused-ring (bicyclic) bond motifs is 1. The highest BCUT2D eigenvalue weighted by atomic mass is 16.5. The van der Waals surface area contributed by atoms with Gasteiger partial charge in [0.25, 0.3) is 0 Å². The largest absolute Gasteiger partial charge is 0.496 e. The molecular weight excluding hydrogens is 334 g/mol. The van der Waals surface area contributed by atoms with Crippen molar-refractivity contribution in [3.05, 3.63) is 58.7 Å². The molecular formula is C20H21NO5. The van der Waals surface area contributed by atoms with Crippen molar-refractivity contribution in [3.63, 3.8) is 0 Å². The van der Waals surface area contributed by atoms with Gasteiger partial charge in [-0.25, -0.2) is 4.79 Å². The summed E-state index contributed by atoms with van der Waals surface area (Å²) in [6, 6.07) is 10.2. The topological polar surface area (TPSA) is 84.9 Å². The van der Waals surface area contributed by atoms with E-state index < -0.39 is 5.97 Å². The van der Waals surface area contributed by atoms with Crippen LogP contribution in [0.2, 0.25) is 0 Å². The molecule has 0 aromatic heterocycles. The number of benzene rings is 2. The number of nitrogens with one attached hydrogen (secondary N) is 1. The van der Waals surface area contributed by atoms with Gasteiger partial charge < -0.3 is 19.9 Å². The predicted molar refractivity (Wildman–Crippen MR) is 95.7 cm³/mol. The van der Waals surface area contributed by atoms with Crippen LogP contribution in [-0.4, -0.2) is 30.2 Å². The lowest BCUT2D eigenvalue weighted by molar-refractivity contribution is -0.120. The van der Waals surface area contributed by atoms with Crippen LogP contribution < -0.4 is 14.8 Å². The number of ether oxygens (including phenoxy) is 2. The van der Waals surface area contributed by atoms with Gasteiger partial charge in [-0.05, 0) is 36.8 Å². The molecule has 2 N–H and O–H groups in total. The van der Waals surface area contributed by atoms with E-state index in [0.29, 0.717) is 12.1 Å². The Balaban J connectivity index is 1.65. The molecule has 1 heterocycles. The zero-order chi connectivity index (χ0) is 18.7. The first-order valence-electron chi connectivity index (χ1n) is 8.41. The Kier molecular flexibility index (Phi) is 5.11. The van der Waals surface area contributed by atoms with Crippen molar-refractivity contribution in [1.82, 2.24) is 5.32 Å². The highest BCUT2D eigenvalue weighted by Crippen LogP contribution is 2.34. The average molecular weight is 355 g/mol. The Bertz CT molecular complexity index is 846. The molecule has 1 amide bonds. The van der Waals surface area contributed by atoms with Gasteiger partial charge in [0.05, 0.1) is 19.1 Å². The van der Waals surface area contributed by atoms with Gasteiger partial charge in [-0.3, -0.25) is 4.79 Å². The van der Waals surface area contributed by atoms with E-state index >= 15 is 0 Å². The van der Waals surface area contributed by atoms with E-state index in [0.717, 1.165) is 29.0 Å². The normalized spacial score (nSPS) is 15.1. The van der Waals surface area contributed by atoms with Crippen molar-refractivity contribution < 1.29 is 24.2 Å². The molecule has 0 spiro atoms. The first kappa shape index (κ1) is 17.8. The zero-order valence-corrected chi connectivity index (χ0v) is 14.7. The molecule has 6 nitrogen and oxygen atoms in total. The highest BCUT2D eigenvalue weighted by molar-refractivity contribution is 5.88. The molecule has 3 rings (SSSR count). The molecule has 0 saturated carbocycles. The van der Waals surface area contributed by atoms with Gasteiger partial charge in [-0.2, -0.15) is 0 Å².